The summed E-state index contributed by atoms with van der Waals surface area (Å²) in [6.45, 7) is 7.26. The topological polar surface area (TPSA) is 36.9 Å². The van der Waals surface area contributed by atoms with E-state index in [-0.39, 0.29) is 0 Å². The molecule has 0 aromatic heterocycles. The van der Waals surface area contributed by atoms with Crippen LogP contribution in [-0.4, -0.2) is 38.6 Å². The summed E-state index contributed by atoms with van der Waals surface area (Å²) in [6, 6.07) is 12.5. The van der Waals surface area contributed by atoms with Crippen LogP contribution in [0.25, 0.3) is 10.8 Å². The smallest absolute Gasteiger partial charge is 0.161 e. The molecule has 0 amide bonds. The molecule has 0 N–H and O–H groups in total. The number of rotatable bonds is 8. The molecule has 0 saturated carbocycles. The Kier molecular flexibility index (Phi) is 5.32. The molecule has 0 aliphatic carbocycles. The zero-order chi connectivity index (χ0) is 17.9. The zero-order valence-corrected chi connectivity index (χ0v) is 15.6. The normalized spacial score (nSPS) is 27.6. The Morgan fingerprint density at radius 2 is 1.27 bits per heavy atom. The highest BCUT2D eigenvalue weighted by molar-refractivity contribution is 5.86. The van der Waals surface area contributed by atoms with Crippen LogP contribution in [0.5, 0.6) is 11.5 Å². The summed E-state index contributed by atoms with van der Waals surface area (Å²) in [4.78, 5) is 0. The van der Waals surface area contributed by atoms with Crippen LogP contribution in [0.3, 0.4) is 0 Å². The average molecular weight is 356 g/mol. The SMILES string of the molecule is CCC1OCC1COc1cc2ccccc2cc1OCC1COC1CC. The minimum Gasteiger partial charge on any atom is -0.489 e. The van der Waals surface area contributed by atoms with Gasteiger partial charge in [0.05, 0.1) is 38.6 Å². The summed E-state index contributed by atoms with van der Waals surface area (Å²) in [5, 5.41) is 2.34. The molecule has 140 valence electrons. The van der Waals surface area contributed by atoms with E-state index >= 15 is 0 Å². The molecule has 2 fully saturated rings. The van der Waals surface area contributed by atoms with Crippen molar-refractivity contribution in [2.45, 2.75) is 38.9 Å². The van der Waals surface area contributed by atoms with Crippen molar-refractivity contribution in [1.82, 2.24) is 0 Å². The second-order valence-electron chi connectivity index (χ2n) is 7.35. The minimum absolute atomic E-state index is 0.331. The summed E-state index contributed by atoms with van der Waals surface area (Å²) in [5.41, 5.74) is 0. The van der Waals surface area contributed by atoms with Gasteiger partial charge in [0, 0.05) is 11.8 Å². The fraction of sp³-hybridized carbons (Fsp3) is 0.545. The van der Waals surface area contributed by atoms with Gasteiger partial charge in [0.25, 0.3) is 0 Å². The summed E-state index contributed by atoms with van der Waals surface area (Å²) in [6.07, 6.45) is 2.74. The van der Waals surface area contributed by atoms with E-state index in [9.17, 15) is 0 Å². The molecule has 2 heterocycles. The quantitative estimate of drug-likeness (QED) is 0.700. The second kappa shape index (κ2) is 7.85. The molecular weight excluding hydrogens is 328 g/mol. The third-order valence-corrected chi connectivity index (χ3v) is 5.62. The van der Waals surface area contributed by atoms with Crippen LogP contribution in [0.1, 0.15) is 26.7 Å². The van der Waals surface area contributed by atoms with Crippen molar-refractivity contribution in [2.75, 3.05) is 26.4 Å². The summed E-state index contributed by atoms with van der Waals surface area (Å²) >= 11 is 0. The summed E-state index contributed by atoms with van der Waals surface area (Å²) in [7, 11) is 0. The lowest BCUT2D eigenvalue weighted by Crippen LogP contribution is -2.43. The van der Waals surface area contributed by atoms with Gasteiger partial charge < -0.3 is 18.9 Å². The first kappa shape index (κ1) is 17.6. The molecule has 2 aromatic rings. The van der Waals surface area contributed by atoms with Gasteiger partial charge in [-0.15, -0.1) is 0 Å². The van der Waals surface area contributed by atoms with Gasteiger partial charge in [-0.1, -0.05) is 38.1 Å². The van der Waals surface area contributed by atoms with E-state index in [2.05, 4.69) is 50.2 Å². The van der Waals surface area contributed by atoms with Crippen LogP contribution < -0.4 is 9.47 Å². The summed E-state index contributed by atoms with van der Waals surface area (Å²) in [5.74, 6) is 2.62. The Morgan fingerprint density at radius 3 is 1.62 bits per heavy atom. The van der Waals surface area contributed by atoms with Gasteiger partial charge >= 0.3 is 0 Å². The molecular formula is C22H28O4. The Morgan fingerprint density at radius 1 is 0.808 bits per heavy atom. The van der Waals surface area contributed by atoms with Crippen LogP contribution in [0.4, 0.5) is 0 Å². The summed E-state index contributed by atoms with van der Waals surface area (Å²) < 4.78 is 23.5. The number of ether oxygens (including phenoxy) is 4. The van der Waals surface area contributed by atoms with Crippen molar-refractivity contribution in [3.05, 3.63) is 36.4 Å². The monoisotopic (exact) mass is 356 g/mol. The minimum atomic E-state index is 0.331. The van der Waals surface area contributed by atoms with Gasteiger partial charge in [-0.05, 0) is 35.7 Å². The predicted molar refractivity (Wildman–Crippen MR) is 102 cm³/mol. The molecule has 0 radical (unpaired) electrons. The molecule has 26 heavy (non-hydrogen) atoms. The number of benzene rings is 2. The molecule has 4 rings (SSSR count). The largest absolute Gasteiger partial charge is 0.489 e. The molecule has 2 aliphatic rings. The van der Waals surface area contributed by atoms with E-state index in [1.807, 2.05) is 0 Å². The Bertz CT molecular complexity index is 677. The molecule has 4 heteroatoms. The molecule has 4 unspecified atom stereocenters. The lowest BCUT2D eigenvalue weighted by atomic mass is 9.97. The van der Waals surface area contributed by atoms with Crippen molar-refractivity contribution >= 4 is 10.8 Å². The number of hydrogen-bond donors (Lipinski definition) is 0. The highest BCUT2D eigenvalue weighted by Crippen LogP contribution is 2.35. The van der Waals surface area contributed by atoms with Crippen molar-refractivity contribution in [1.29, 1.82) is 0 Å². The number of fused-ring (bicyclic) bond motifs is 1. The first-order valence-electron chi connectivity index (χ1n) is 9.80. The molecule has 2 saturated heterocycles. The van der Waals surface area contributed by atoms with E-state index in [0.717, 1.165) is 37.6 Å². The second-order valence-corrected chi connectivity index (χ2v) is 7.35. The van der Waals surface area contributed by atoms with Crippen molar-refractivity contribution in [3.8, 4) is 11.5 Å². The molecule has 0 spiro atoms. The van der Waals surface area contributed by atoms with E-state index in [0.29, 0.717) is 37.3 Å². The maximum absolute atomic E-state index is 6.18. The fourth-order valence-corrected chi connectivity index (χ4v) is 3.77. The van der Waals surface area contributed by atoms with Gasteiger partial charge in [-0.2, -0.15) is 0 Å². The van der Waals surface area contributed by atoms with Gasteiger partial charge in [-0.25, -0.2) is 0 Å². The molecule has 2 aromatic carbocycles. The highest BCUT2D eigenvalue weighted by Gasteiger charge is 2.32. The third kappa shape index (κ3) is 3.53. The van der Waals surface area contributed by atoms with E-state index < -0.39 is 0 Å². The van der Waals surface area contributed by atoms with Crippen LogP contribution in [0.2, 0.25) is 0 Å². The molecule has 4 atom stereocenters. The van der Waals surface area contributed by atoms with Gasteiger partial charge in [-0.3, -0.25) is 0 Å². The lowest BCUT2D eigenvalue weighted by Gasteiger charge is -2.36. The van der Waals surface area contributed by atoms with Crippen LogP contribution in [0.15, 0.2) is 36.4 Å². The maximum Gasteiger partial charge on any atom is 0.161 e. The van der Waals surface area contributed by atoms with Crippen molar-refractivity contribution in [3.63, 3.8) is 0 Å². The molecule has 0 bridgehead atoms. The third-order valence-electron chi connectivity index (χ3n) is 5.62. The highest BCUT2D eigenvalue weighted by atomic mass is 16.5. The molecule has 2 aliphatic heterocycles. The maximum atomic E-state index is 6.18. The van der Waals surface area contributed by atoms with Gasteiger partial charge in [0.15, 0.2) is 11.5 Å². The molecule has 4 nitrogen and oxygen atoms in total. The Labute approximate surface area is 155 Å². The van der Waals surface area contributed by atoms with Crippen LogP contribution in [-0.2, 0) is 9.47 Å². The van der Waals surface area contributed by atoms with Gasteiger partial charge in [0.2, 0.25) is 0 Å². The standard InChI is InChI=1S/C22H28O4/c1-3-19-17(11-23-19)13-25-21-9-15-7-5-6-8-16(15)10-22(21)26-14-18-12-24-20(18)4-2/h5-10,17-20H,3-4,11-14H2,1-2H3. The Balaban J connectivity index is 1.49. The van der Waals surface area contributed by atoms with Crippen molar-refractivity contribution < 1.29 is 18.9 Å². The van der Waals surface area contributed by atoms with Crippen molar-refractivity contribution in [2.24, 2.45) is 11.8 Å². The van der Waals surface area contributed by atoms with Gasteiger partial charge in [0.1, 0.15) is 0 Å². The van der Waals surface area contributed by atoms with Crippen LogP contribution >= 0.6 is 0 Å². The lowest BCUT2D eigenvalue weighted by molar-refractivity contribution is -0.130. The Hall–Kier alpha value is -1.78. The van der Waals surface area contributed by atoms with E-state index in [4.69, 9.17) is 18.9 Å². The van der Waals surface area contributed by atoms with Crippen LogP contribution in [0, 0.1) is 11.8 Å². The zero-order valence-electron chi connectivity index (χ0n) is 15.6. The van der Waals surface area contributed by atoms with E-state index in [1.165, 1.54) is 10.8 Å². The predicted octanol–water partition coefficient (Wildman–Crippen LogP) is 4.45. The first-order chi connectivity index (χ1) is 12.8. The average Bonchev–Trinajstić information content (AvgIpc) is 2.61. The number of hydrogen-bond acceptors (Lipinski definition) is 4. The first-order valence-corrected chi connectivity index (χ1v) is 9.80. The fourth-order valence-electron chi connectivity index (χ4n) is 3.77. The van der Waals surface area contributed by atoms with E-state index in [1.54, 1.807) is 0 Å².